The van der Waals surface area contributed by atoms with Gasteiger partial charge in [-0.1, -0.05) is 27.2 Å². The molecule has 1 heteroatoms. The zero-order valence-corrected chi connectivity index (χ0v) is 10.3. The average molecular weight is 185 g/mol. The third-order valence-electron chi connectivity index (χ3n) is 2.97. The van der Waals surface area contributed by atoms with Gasteiger partial charge in [-0.05, 0) is 39.5 Å². The standard InChI is InChI=1S/C12H27N/c1-7-10(3)9-11(4)13-12(5,6)8-2/h10-11,13H,7-9H2,1-6H3. The highest BCUT2D eigenvalue weighted by Crippen LogP contribution is 2.14. The first-order valence-corrected chi connectivity index (χ1v) is 5.69. The van der Waals surface area contributed by atoms with Crippen molar-refractivity contribution in [2.24, 2.45) is 5.92 Å². The zero-order valence-electron chi connectivity index (χ0n) is 10.3. The van der Waals surface area contributed by atoms with Gasteiger partial charge in [-0.3, -0.25) is 0 Å². The molecule has 0 bridgehead atoms. The van der Waals surface area contributed by atoms with Gasteiger partial charge in [-0.25, -0.2) is 0 Å². The van der Waals surface area contributed by atoms with Crippen molar-refractivity contribution in [3.63, 3.8) is 0 Å². The van der Waals surface area contributed by atoms with Gasteiger partial charge in [0.15, 0.2) is 0 Å². The fourth-order valence-electron chi connectivity index (χ4n) is 1.60. The minimum absolute atomic E-state index is 0.298. The van der Waals surface area contributed by atoms with Crippen LogP contribution in [0.4, 0.5) is 0 Å². The number of rotatable bonds is 6. The van der Waals surface area contributed by atoms with E-state index in [4.69, 9.17) is 0 Å². The Morgan fingerprint density at radius 1 is 1.15 bits per heavy atom. The van der Waals surface area contributed by atoms with Crippen LogP contribution in [0.5, 0.6) is 0 Å². The highest BCUT2D eigenvalue weighted by atomic mass is 15.0. The molecule has 0 aliphatic carbocycles. The molecular formula is C12H27N. The van der Waals surface area contributed by atoms with Crippen molar-refractivity contribution < 1.29 is 0 Å². The van der Waals surface area contributed by atoms with Gasteiger partial charge in [0.25, 0.3) is 0 Å². The summed E-state index contributed by atoms with van der Waals surface area (Å²) in [7, 11) is 0. The van der Waals surface area contributed by atoms with Crippen molar-refractivity contribution in [2.45, 2.75) is 72.4 Å². The second-order valence-electron chi connectivity index (χ2n) is 5.03. The summed E-state index contributed by atoms with van der Waals surface area (Å²) < 4.78 is 0. The number of hydrogen-bond acceptors (Lipinski definition) is 1. The predicted octanol–water partition coefficient (Wildman–Crippen LogP) is 3.59. The van der Waals surface area contributed by atoms with Gasteiger partial charge >= 0.3 is 0 Å². The van der Waals surface area contributed by atoms with Gasteiger partial charge in [-0.2, -0.15) is 0 Å². The zero-order chi connectivity index (χ0) is 10.5. The third-order valence-corrected chi connectivity index (χ3v) is 2.97. The van der Waals surface area contributed by atoms with E-state index in [1.807, 2.05) is 0 Å². The summed E-state index contributed by atoms with van der Waals surface area (Å²) in [5.41, 5.74) is 0.298. The first-order valence-electron chi connectivity index (χ1n) is 5.69. The lowest BCUT2D eigenvalue weighted by atomic mass is 9.96. The Bertz CT molecular complexity index is 129. The Morgan fingerprint density at radius 2 is 1.69 bits per heavy atom. The van der Waals surface area contributed by atoms with Gasteiger partial charge < -0.3 is 5.32 Å². The number of nitrogens with one attached hydrogen (secondary N) is 1. The van der Waals surface area contributed by atoms with Gasteiger partial charge in [0, 0.05) is 11.6 Å². The van der Waals surface area contributed by atoms with E-state index in [0.717, 1.165) is 5.92 Å². The van der Waals surface area contributed by atoms with Gasteiger partial charge in [0.05, 0.1) is 0 Å². The molecule has 0 radical (unpaired) electrons. The first kappa shape index (κ1) is 13.0. The summed E-state index contributed by atoms with van der Waals surface area (Å²) in [6.45, 7) is 13.7. The van der Waals surface area contributed by atoms with Gasteiger partial charge in [-0.15, -0.1) is 0 Å². The van der Waals surface area contributed by atoms with E-state index in [9.17, 15) is 0 Å². The van der Waals surface area contributed by atoms with Crippen molar-refractivity contribution >= 4 is 0 Å². The third kappa shape index (κ3) is 6.09. The lowest BCUT2D eigenvalue weighted by molar-refractivity contribution is 0.300. The molecule has 0 heterocycles. The maximum atomic E-state index is 3.67. The van der Waals surface area contributed by atoms with Crippen LogP contribution in [0.2, 0.25) is 0 Å². The summed E-state index contributed by atoms with van der Waals surface area (Å²) in [5, 5.41) is 3.67. The molecule has 2 unspecified atom stereocenters. The minimum Gasteiger partial charge on any atom is -0.309 e. The van der Waals surface area contributed by atoms with Crippen LogP contribution in [0.1, 0.15) is 60.8 Å². The van der Waals surface area contributed by atoms with Crippen LogP contribution >= 0.6 is 0 Å². The molecule has 1 nitrogen and oxygen atoms in total. The predicted molar refractivity (Wildman–Crippen MR) is 61.0 cm³/mol. The lowest BCUT2D eigenvalue weighted by Crippen LogP contribution is -2.44. The summed E-state index contributed by atoms with van der Waals surface area (Å²) in [4.78, 5) is 0. The quantitative estimate of drug-likeness (QED) is 0.667. The maximum Gasteiger partial charge on any atom is 0.0125 e. The molecule has 0 spiro atoms. The average Bonchev–Trinajstić information content (AvgIpc) is 2.03. The van der Waals surface area contributed by atoms with E-state index >= 15 is 0 Å². The topological polar surface area (TPSA) is 12.0 Å². The Hall–Kier alpha value is -0.0400. The van der Waals surface area contributed by atoms with Crippen molar-refractivity contribution in [3.05, 3.63) is 0 Å². The fourth-order valence-corrected chi connectivity index (χ4v) is 1.60. The molecule has 0 saturated heterocycles. The molecule has 0 amide bonds. The van der Waals surface area contributed by atoms with E-state index in [1.54, 1.807) is 0 Å². The van der Waals surface area contributed by atoms with Crippen LogP contribution in [0.15, 0.2) is 0 Å². The first-order chi connectivity index (χ1) is 5.91. The lowest BCUT2D eigenvalue weighted by Gasteiger charge is -2.30. The second kappa shape index (κ2) is 5.64. The molecule has 13 heavy (non-hydrogen) atoms. The van der Waals surface area contributed by atoms with E-state index in [1.165, 1.54) is 19.3 Å². The normalized spacial score (nSPS) is 17.1. The molecule has 80 valence electrons. The number of hydrogen-bond donors (Lipinski definition) is 1. The van der Waals surface area contributed by atoms with Crippen LogP contribution in [-0.2, 0) is 0 Å². The second-order valence-corrected chi connectivity index (χ2v) is 5.03. The molecule has 2 atom stereocenters. The molecule has 0 aliphatic heterocycles. The molecule has 0 aromatic heterocycles. The maximum absolute atomic E-state index is 3.67. The van der Waals surface area contributed by atoms with Crippen molar-refractivity contribution in [3.8, 4) is 0 Å². The Morgan fingerprint density at radius 3 is 2.08 bits per heavy atom. The Labute approximate surface area is 84.3 Å². The highest BCUT2D eigenvalue weighted by molar-refractivity contribution is 4.79. The minimum atomic E-state index is 0.298. The van der Waals surface area contributed by atoms with Gasteiger partial charge in [0.2, 0.25) is 0 Å². The van der Waals surface area contributed by atoms with Crippen molar-refractivity contribution in [1.29, 1.82) is 0 Å². The van der Waals surface area contributed by atoms with E-state index in [0.29, 0.717) is 11.6 Å². The molecule has 0 aliphatic rings. The molecule has 1 N–H and O–H groups in total. The summed E-state index contributed by atoms with van der Waals surface area (Å²) in [6.07, 6.45) is 3.77. The van der Waals surface area contributed by atoms with Crippen molar-refractivity contribution in [1.82, 2.24) is 5.32 Å². The summed E-state index contributed by atoms with van der Waals surface area (Å²) in [6, 6.07) is 0.643. The van der Waals surface area contributed by atoms with Gasteiger partial charge in [0.1, 0.15) is 0 Å². The smallest absolute Gasteiger partial charge is 0.0125 e. The SMILES string of the molecule is CCC(C)CC(C)NC(C)(C)CC. The Kier molecular flexibility index (Phi) is 5.62. The molecule has 0 rings (SSSR count). The van der Waals surface area contributed by atoms with Crippen molar-refractivity contribution in [2.75, 3.05) is 0 Å². The molecule has 0 saturated carbocycles. The summed E-state index contributed by atoms with van der Waals surface area (Å²) >= 11 is 0. The van der Waals surface area contributed by atoms with E-state index in [2.05, 4.69) is 46.9 Å². The summed E-state index contributed by atoms with van der Waals surface area (Å²) in [5.74, 6) is 0.843. The monoisotopic (exact) mass is 185 g/mol. The molecular weight excluding hydrogens is 158 g/mol. The molecule has 0 aromatic rings. The van der Waals surface area contributed by atoms with Crippen LogP contribution < -0.4 is 5.32 Å². The fraction of sp³-hybridized carbons (Fsp3) is 1.00. The largest absolute Gasteiger partial charge is 0.309 e. The molecule has 0 fully saturated rings. The van der Waals surface area contributed by atoms with Crippen LogP contribution in [0, 0.1) is 5.92 Å². The van der Waals surface area contributed by atoms with E-state index in [-0.39, 0.29) is 0 Å². The Balaban J connectivity index is 3.79. The van der Waals surface area contributed by atoms with E-state index < -0.39 is 0 Å². The van der Waals surface area contributed by atoms with Crippen LogP contribution in [0.25, 0.3) is 0 Å². The van der Waals surface area contributed by atoms with Crippen LogP contribution in [0.3, 0.4) is 0 Å². The highest BCUT2D eigenvalue weighted by Gasteiger charge is 2.18. The molecule has 0 aromatic carbocycles. The van der Waals surface area contributed by atoms with Crippen LogP contribution in [-0.4, -0.2) is 11.6 Å².